The van der Waals surface area contributed by atoms with Gasteiger partial charge in [0.2, 0.25) is 5.78 Å². The van der Waals surface area contributed by atoms with Gasteiger partial charge in [-0.3, -0.25) is 10.2 Å². The van der Waals surface area contributed by atoms with Crippen LogP contribution >= 0.6 is 11.6 Å². The van der Waals surface area contributed by atoms with Gasteiger partial charge in [-0.25, -0.2) is 9.97 Å². The highest BCUT2D eigenvalue weighted by atomic mass is 35.5. The number of nitrogen functional groups attached to an aromatic ring is 1. The fourth-order valence-corrected chi connectivity index (χ4v) is 1.69. The minimum atomic E-state index is -0.473. The van der Waals surface area contributed by atoms with E-state index in [-0.39, 0.29) is 22.2 Å². The highest BCUT2D eigenvalue weighted by Crippen LogP contribution is 2.19. The first-order chi connectivity index (χ1) is 8.61. The van der Waals surface area contributed by atoms with E-state index in [0.29, 0.717) is 5.56 Å². The number of carbonyl (C=O) groups is 1. The Morgan fingerprint density at radius 3 is 2.50 bits per heavy atom. The van der Waals surface area contributed by atoms with Crippen molar-refractivity contribution in [1.82, 2.24) is 9.97 Å². The van der Waals surface area contributed by atoms with Gasteiger partial charge in [-0.15, -0.1) is 0 Å². The number of ketones is 1. The molecule has 0 bridgehead atoms. The summed E-state index contributed by atoms with van der Waals surface area (Å²) in [7, 11) is 0. The van der Waals surface area contributed by atoms with Crippen LogP contribution in [-0.4, -0.2) is 21.5 Å². The minimum absolute atomic E-state index is 0.00298. The highest BCUT2D eigenvalue weighted by Gasteiger charge is 2.20. The number of nitrogens with zero attached hydrogens (tertiary/aromatic N) is 2. The van der Waals surface area contributed by atoms with Crippen LogP contribution in [0.25, 0.3) is 0 Å². The smallest absolute Gasteiger partial charge is 0.211 e. The Bertz CT molecular complexity index is 592. The van der Waals surface area contributed by atoms with E-state index in [9.17, 15) is 4.79 Å². The molecule has 0 atom stereocenters. The Morgan fingerprint density at radius 2 is 1.89 bits per heavy atom. The van der Waals surface area contributed by atoms with Gasteiger partial charge in [-0.2, -0.15) is 0 Å². The molecule has 0 aliphatic rings. The van der Waals surface area contributed by atoms with E-state index in [0.717, 1.165) is 0 Å². The summed E-state index contributed by atoms with van der Waals surface area (Å²) in [4.78, 5) is 19.5. The molecule has 90 valence electrons. The van der Waals surface area contributed by atoms with Crippen molar-refractivity contribution in [3.05, 3.63) is 52.9 Å². The molecule has 1 aromatic heterocycles. The first kappa shape index (κ1) is 12.2. The van der Waals surface area contributed by atoms with Crippen molar-refractivity contribution in [2.75, 3.05) is 5.73 Å². The monoisotopic (exact) mass is 260 g/mol. The van der Waals surface area contributed by atoms with Gasteiger partial charge in [-0.05, 0) is 0 Å². The Morgan fingerprint density at radius 1 is 1.22 bits per heavy atom. The molecule has 0 spiro atoms. The van der Waals surface area contributed by atoms with Crippen molar-refractivity contribution in [2.24, 2.45) is 0 Å². The highest BCUT2D eigenvalue weighted by molar-refractivity contribution is 6.53. The molecule has 0 amide bonds. The zero-order chi connectivity index (χ0) is 13.1. The number of rotatable bonds is 3. The van der Waals surface area contributed by atoms with Gasteiger partial charge in [0.1, 0.15) is 23.0 Å². The van der Waals surface area contributed by atoms with Crippen molar-refractivity contribution in [2.45, 2.75) is 0 Å². The Balaban J connectivity index is 2.41. The second-order valence-corrected chi connectivity index (χ2v) is 3.85. The molecule has 18 heavy (non-hydrogen) atoms. The second-order valence-electron chi connectivity index (χ2n) is 3.49. The lowest BCUT2D eigenvalue weighted by Gasteiger charge is -2.06. The largest absolute Gasteiger partial charge is 0.383 e. The van der Waals surface area contributed by atoms with Crippen molar-refractivity contribution < 1.29 is 4.79 Å². The predicted molar refractivity (Wildman–Crippen MR) is 69.1 cm³/mol. The minimum Gasteiger partial charge on any atom is -0.383 e. The Labute approximate surface area is 108 Å². The van der Waals surface area contributed by atoms with E-state index in [1.807, 2.05) is 0 Å². The van der Waals surface area contributed by atoms with Gasteiger partial charge in [0.05, 0.1) is 5.56 Å². The van der Waals surface area contributed by atoms with Gasteiger partial charge < -0.3 is 5.73 Å². The first-order valence-corrected chi connectivity index (χ1v) is 5.43. The number of aromatic nitrogens is 2. The summed E-state index contributed by atoms with van der Waals surface area (Å²) in [5, 5.41) is 7.86. The van der Waals surface area contributed by atoms with Gasteiger partial charge in [0, 0.05) is 5.56 Å². The number of Topliss-reactive ketones (excluding diaryl/α,β-unsaturated/α-hetero) is 1. The number of halogens is 1. The molecule has 0 saturated heterocycles. The molecular formula is C12H9ClN4O. The van der Waals surface area contributed by atoms with Crippen LogP contribution in [0.2, 0.25) is 5.15 Å². The molecule has 1 heterocycles. The zero-order valence-corrected chi connectivity index (χ0v) is 9.98. The van der Waals surface area contributed by atoms with Crippen molar-refractivity contribution in [1.29, 1.82) is 5.41 Å². The number of nitrogens with one attached hydrogen (secondary N) is 1. The standard InChI is InChI=1S/C12H9ClN4O/c13-11-8(12(15)17-6-16-11)9(14)10(18)7-4-2-1-3-5-7/h1-6,14H,(H2,15,16,17). The molecule has 2 aromatic rings. The van der Waals surface area contributed by atoms with Crippen molar-refractivity contribution in [3.8, 4) is 0 Å². The lowest BCUT2D eigenvalue weighted by molar-refractivity contribution is 0.106. The number of nitrogens with two attached hydrogens (primary N) is 1. The fraction of sp³-hybridized carbons (Fsp3) is 0. The lowest BCUT2D eigenvalue weighted by Crippen LogP contribution is -2.18. The van der Waals surface area contributed by atoms with E-state index in [1.54, 1.807) is 30.3 Å². The molecule has 0 saturated carbocycles. The summed E-state index contributed by atoms with van der Waals surface area (Å²) in [6.45, 7) is 0. The van der Waals surface area contributed by atoms with E-state index < -0.39 is 5.78 Å². The molecule has 3 N–H and O–H groups in total. The fourth-order valence-electron chi connectivity index (χ4n) is 1.46. The third-order valence-corrected chi connectivity index (χ3v) is 2.63. The second kappa shape index (κ2) is 4.93. The molecule has 0 aliphatic heterocycles. The molecule has 1 aromatic carbocycles. The van der Waals surface area contributed by atoms with Gasteiger partial charge in [0.25, 0.3) is 0 Å². The number of hydrogen-bond donors (Lipinski definition) is 2. The van der Waals surface area contributed by atoms with E-state index in [1.165, 1.54) is 6.33 Å². The summed E-state index contributed by atoms with van der Waals surface area (Å²) in [6.07, 6.45) is 1.18. The van der Waals surface area contributed by atoms with Crippen LogP contribution in [0.15, 0.2) is 36.7 Å². The van der Waals surface area contributed by atoms with Crippen LogP contribution < -0.4 is 5.73 Å². The first-order valence-electron chi connectivity index (χ1n) is 5.06. The Kier molecular flexibility index (Phi) is 3.34. The number of anilines is 1. The van der Waals surface area contributed by atoms with Crippen LogP contribution in [-0.2, 0) is 0 Å². The molecule has 5 nitrogen and oxygen atoms in total. The van der Waals surface area contributed by atoms with Crippen LogP contribution in [0, 0.1) is 5.41 Å². The van der Waals surface area contributed by atoms with Crippen LogP contribution in [0.5, 0.6) is 0 Å². The quantitative estimate of drug-likeness (QED) is 0.501. The maximum atomic E-state index is 12.1. The van der Waals surface area contributed by atoms with Crippen molar-refractivity contribution in [3.63, 3.8) is 0 Å². The summed E-state index contributed by atoms with van der Waals surface area (Å²) in [5.74, 6) is -0.455. The topological polar surface area (TPSA) is 92.7 Å². The molecule has 0 unspecified atom stereocenters. The van der Waals surface area contributed by atoms with Crippen LogP contribution in [0.1, 0.15) is 15.9 Å². The van der Waals surface area contributed by atoms with Crippen LogP contribution in [0.3, 0.4) is 0 Å². The SMILES string of the molecule is N=C(C(=O)c1ccccc1)c1c(N)ncnc1Cl. The lowest BCUT2D eigenvalue weighted by atomic mass is 10.0. The average Bonchev–Trinajstić information content (AvgIpc) is 2.38. The molecule has 0 fully saturated rings. The average molecular weight is 261 g/mol. The molecule has 2 rings (SSSR count). The number of carbonyl (C=O) groups excluding carboxylic acids is 1. The maximum Gasteiger partial charge on any atom is 0.211 e. The summed E-state index contributed by atoms with van der Waals surface area (Å²) in [5.41, 5.74) is 5.75. The normalized spacial score (nSPS) is 10.1. The third kappa shape index (κ3) is 2.21. The zero-order valence-electron chi connectivity index (χ0n) is 9.22. The predicted octanol–water partition coefficient (Wildman–Crippen LogP) is 1.96. The van der Waals surface area contributed by atoms with E-state index in [2.05, 4.69) is 9.97 Å². The molecule has 0 radical (unpaired) electrons. The Hall–Kier alpha value is -2.27. The van der Waals surface area contributed by atoms with Crippen molar-refractivity contribution >= 4 is 28.9 Å². The van der Waals surface area contributed by atoms with Gasteiger partial charge >= 0.3 is 0 Å². The maximum absolute atomic E-state index is 12.1. The van der Waals surface area contributed by atoms with Gasteiger partial charge in [-0.1, -0.05) is 41.9 Å². The van der Waals surface area contributed by atoms with Gasteiger partial charge in [0.15, 0.2) is 0 Å². The summed E-state index contributed by atoms with van der Waals surface area (Å²) in [6, 6.07) is 8.45. The number of hydrogen-bond acceptors (Lipinski definition) is 5. The third-order valence-electron chi connectivity index (χ3n) is 2.34. The summed E-state index contributed by atoms with van der Waals surface area (Å²) < 4.78 is 0. The molecular weight excluding hydrogens is 252 g/mol. The molecule has 0 aliphatic carbocycles. The number of benzene rings is 1. The van der Waals surface area contributed by atoms with E-state index in [4.69, 9.17) is 22.7 Å². The van der Waals surface area contributed by atoms with E-state index >= 15 is 0 Å². The molecule has 6 heteroatoms. The van der Waals surface area contributed by atoms with Crippen LogP contribution in [0.4, 0.5) is 5.82 Å². The summed E-state index contributed by atoms with van der Waals surface area (Å²) >= 11 is 5.83.